The number of amides is 1. The van der Waals surface area contributed by atoms with Crippen molar-refractivity contribution in [2.24, 2.45) is 0 Å². The van der Waals surface area contributed by atoms with Gasteiger partial charge in [-0.1, -0.05) is 19.1 Å². The third kappa shape index (κ3) is 3.87. The van der Waals surface area contributed by atoms with E-state index in [1.54, 1.807) is 6.07 Å². The Kier molecular flexibility index (Phi) is 5.24. The quantitative estimate of drug-likeness (QED) is 0.808. The number of hydrogen-bond donors (Lipinski definition) is 1. The molecule has 0 bridgehead atoms. The van der Waals surface area contributed by atoms with E-state index in [4.69, 9.17) is 16.0 Å². The number of carbonyl (C=O) groups excluding carboxylic acids is 1. The number of aryl methyl sites for hydroxylation is 2. The first-order valence-electron chi connectivity index (χ1n) is 6.78. The highest BCUT2D eigenvalue weighted by Gasteiger charge is 2.10. The Hall–Kier alpha value is -1.74. The third-order valence-electron chi connectivity index (χ3n) is 3.02. The maximum atomic E-state index is 12.0. The Morgan fingerprint density at radius 1 is 1.30 bits per heavy atom. The standard InChI is InChI=1S/C16H18ClNO2/c1-2-14-8-9-15(20-14)16(19)18-13-7-3-5-12(11-13)6-4-10-17/h3,5,7-9,11H,2,4,6,10H2,1H3,(H,18,19). The molecule has 0 saturated carbocycles. The van der Waals surface area contributed by atoms with Crippen molar-refractivity contribution in [3.05, 3.63) is 53.5 Å². The van der Waals surface area contributed by atoms with E-state index in [1.807, 2.05) is 37.3 Å². The monoisotopic (exact) mass is 291 g/mol. The zero-order valence-corrected chi connectivity index (χ0v) is 12.2. The van der Waals surface area contributed by atoms with Crippen LogP contribution in [0.3, 0.4) is 0 Å². The van der Waals surface area contributed by atoms with Crippen LogP contribution in [0.2, 0.25) is 0 Å². The number of carbonyl (C=O) groups is 1. The smallest absolute Gasteiger partial charge is 0.291 e. The molecule has 0 spiro atoms. The van der Waals surface area contributed by atoms with Crippen LogP contribution in [-0.2, 0) is 12.8 Å². The largest absolute Gasteiger partial charge is 0.456 e. The lowest BCUT2D eigenvalue weighted by Crippen LogP contribution is -2.11. The van der Waals surface area contributed by atoms with Crippen LogP contribution in [0.15, 0.2) is 40.8 Å². The summed E-state index contributed by atoms with van der Waals surface area (Å²) < 4.78 is 5.43. The SMILES string of the molecule is CCc1ccc(C(=O)Nc2cccc(CCCCl)c2)o1. The van der Waals surface area contributed by atoms with Crippen molar-refractivity contribution >= 4 is 23.2 Å². The van der Waals surface area contributed by atoms with Gasteiger partial charge in [0.1, 0.15) is 5.76 Å². The molecule has 1 aromatic carbocycles. The molecule has 1 aromatic heterocycles. The Morgan fingerprint density at radius 3 is 2.85 bits per heavy atom. The average Bonchev–Trinajstić information content (AvgIpc) is 2.94. The molecule has 1 N–H and O–H groups in total. The van der Waals surface area contributed by atoms with Crippen LogP contribution in [0.25, 0.3) is 0 Å². The fraction of sp³-hybridized carbons (Fsp3) is 0.312. The van der Waals surface area contributed by atoms with Crippen LogP contribution in [0.1, 0.15) is 35.2 Å². The second kappa shape index (κ2) is 7.15. The van der Waals surface area contributed by atoms with Crippen LogP contribution in [0, 0.1) is 0 Å². The van der Waals surface area contributed by atoms with Gasteiger partial charge in [-0.15, -0.1) is 11.6 Å². The molecule has 20 heavy (non-hydrogen) atoms. The highest BCUT2D eigenvalue weighted by atomic mass is 35.5. The first kappa shape index (κ1) is 14.7. The minimum atomic E-state index is -0.223. The van der Waals surface area contributed by atoms with Crippen molar-refractivity contribution in [3.63, 3.8) is 0 Å². The van der Waals surface area contributed by atoms with Gasteiger partial charge in [0, 0.05) is 18.0 Å². The molecule has 0 atom stereocenters. The molecular formula is C16H18ClNO2. The number of furan rings is 1. The highest BCUT2D eigenvalue weighted by molar-refractivity contribution is 6.17. The summed E-state index contributed by atoms with van der Waals surface area (Å²) in [6.45, 7) is 1.99. The van der Waals surface area contributed by atoms with E-state index in [1.165, 1.54) is 0 Å². The summed E-state index contributed by atoms with van der Waals surface area (Å²) in [6.07, 6.45) is 2.62. The van der Waals surface area contributed by atoms with Gasteiger partial charge in [0.05, 0.1) is 0 Å². The molecular weight excluding hydrogens is 274 g/mol. The van der Waals surface area contributed by atoms with Gasteiger partial charge in [0.15, 0.2) is 5.76 Å². The minimum absolute atomic E-state index is 0.223. The summed E-state index contributed by atoms with van der Waals surface area (Å²) in [5, 5.41) is 2.85. The first-order valence-corrected chi connectivity index (χ1v) is 7.31. The maximum Gasteiger partial charge on any atom is 0.291 e. The van der Waals surface area contributed by atoms with Gasteiger partial charge in [-0.3, -0.25) is 4.79 Å². The minimum Gasteiger partial charge on any atom is -0.456 e. The van der Waals surface area contributed by atoms with E-state index < -0.39 is 0 Å². The normalized spacial score (nSPS) is 10.5. The van der Waals surface area contributed by atoms with E-state index in [2.05, 4.69) is 5.32 Å². The number of nitrogens with one attached hydrogen (secondary N) is 1. The summed E-state index contributed by atoms with van der Waals surface area (Å²) >= 11 is 5.69. The van der Waals surface area contributed by atoms with Gasteiger partial charge in [0.2, 0.25) is 0 Å². The summed E-state index contributed by atoms with van der Waals surface area (Å²) in [6, 6.07) is 11.3. The van der Waals surface area contributed by atoms with Crippen molar-refractivity contribution in [3.8, 4) is 0 Å². The van der Waals surface area contributed by atoms with Crippen LogP contribution in [0.4, 0.5) is 5.69 Å². The second-order valence-electron chi connectivity index (χ2n) is 4.57. The van der Waals surface area contributed by atoms with Gasteiger partial charge >= 0.3 is 0 Å². The molecule has 0 unspecified atom stereocenters. The molecule has 1 amide bonds. The maximum absolute atomic E-state index is 12.0. The number of anilines is 1. The zero-order chi connectivity index (χ0) is 14.4. The lowest BCUT2D eigenvalue weighted by molar-refractivity contribution is 0.0995. The average molecular weight is 292 g/mol. The predicted molar refractivity (Wildman–Crippen MR) is 81.5 cm³/mol. The fourth-order valence-corrected chi connectivity index (χ4v) is 2.09. The Labute approximate surface area is 123 Å². The van der Waals surface area contributed by atoms with E-state index in [-0.39, 0.29) is 5.91 Å². The van der Waals surface area contributed by atoms with Gasteiger partial charge in [-0.2, -0.15) is 0 Å². The van der Waals surface area contributed by atoms with Gasteiger partial charge in [-0.25, -0.2) is 0 Å². The number of alkyl halides is 1. The van der Waals surface area contributed by atoms with Gasteiger partial charge < -0.3 is 9.73 Å². The van der Waals surface area contributed by atoms with Crippen molar-refractivity contribution in [2.45, 2.75) is 26.2 Å². The molecule has 2 aromatic rings. The molecule has 4 heteroatoms. The van der Waals surface area contributed by atoms with Crippen molar-refractivity contribution in [2.75, 3.05) is 11.2 Å². The number of halogens is 1. The predicted octanol–water partition coefficient (Wildman–Crippen LogP) is 4.27. The van der Waals surface area contributed by atoms with E-state index in [0.717, 1.165) is 36.3 Å². The summed E-state index contributed by atoms with van der Waals surface area (Å²) in [7, 11) is 0. The summed E-state index contributed by atoms with van der Waals surface area (Å²) in [5.74, 6) is 1.57. The molecule has 0 aliphatic heterocycles. The van der Waals surface area contributed by atoms with E-state index >= 15 is 0 Å². The molecule has 0 radical (unpaired) electrons. The molecule has 2 rings (SSSR count). The van der Waals surface area contributed by atoms with Crippen molar-refractivity contribution in [1.82, 2.24) is 0 Å². The lowest BCUT2D eigenvalue weighted by atomic mass is 10.1. The molecule has 3 nitrogen and oxygen atoms in total. The third-order valence-corrected chi connectivity index (χ3v) is 3.29. The number of hydrogen-bond acceptors (Lipinski definition) is 2. The Morgan fingerprint density at radius 2 is 2.15 bits per heavy atom. The summed E-state index contributed by atoms with van der Waals surface area (Å²) in [4.78, 5) is 12.0. The fourth-order valence-electron chi connectivity index (χ4n) is 1.96. The molecule has 0 aliphatic carbocycles. The Balaban J connectivity index is 2.03. The first-order chi connectivity index (χ1) is 9.72. The molecule has 0 saturated heterocycles. The number of benzene rings is 1. The van der Waals surface area contributed by atoms with E-state index in [0.29, 0.717) is 11.6 Å². The number of rotatable bonds is 6. The molecule has 0 fully saturated rings. The topological polar surface area (TPSA) is 42.2 Å². The molecule has 106 valence electrons. The lowest BCUT2D eigenvalue weighted by Gasteiger charge is -2.06. The van der Waals surface area contributed by atoms with Gasteiger partial charge in [0.25, 0.3) is 5.91 Å². The Bertz CT molecular complexity index is 577. The van der Waals surface area contributed by atoms with Crippen LogP contribution < -0.4 is 5.32 Å². The second-order valence-corrected chi connectivity index (χ2v) is 4.94. The van der Waals surface area contributed by atoms with Gasteiger partial charge in [-0.05, 0) is 42.7 Å². The molecule has 0 aliphatic rings. The molecule has 1 heterocycles. The highest BCUT2D eigenvalue weighted by Crippen LogP contribution is 2.15. The van der Waals surface area contributed by atoms with E-state index in [9.17, 15) is 4.79 Å². The van der Waals surface area contributed by atoms with Crippen LogP contribution in [0.5, 0.6) is 0 Å². The van der Waals surface area contributed by atoms with Crippen molar-refractivity contribution in [1.29, 1.82) is 0 Å². The van der Waals surface area contributed by atoms with Crippen LogP contribution in [-0.4, -0.2) is 11.8 Å². The summed E-state index contributed by atoms with van der Waals surface area (Å²) in [5.41, 5.74) is 1.94. The van der Waals surface area contributed by atoms with Crippen molar-refractivity contribution < 1.29 is 9.21 Å². The zero-order valence-electron chi connectivity index (χ0n) is 11.5. The van der Waals surface area contributed by atoms with Crippen LogP contribution >= 0.6 is 11.6 Å².